The van der Waals surface area contributed by atoms with Gasteiger partial charge in [0.05, 0.1) is 18.5 Å². The van der Waals surface area contributed by atoms with Crippen LogP contribution in [0.1, 0.15) is 32.8 Å². The van der Waals surface area contributed by atoms with E-state index in [0.717, 1.165) is 5.56 Å². The molecule has 0 saturated carbocycles. The number of hydrogen-bond acceptors (Lipinski definition) is 5. The Morgan fingerprint density at radius 3 is 2.68 bits per heavy atom. The lowest BCUT2D eigenvalue weighted by molar-refractivity contribution is -0.119. The van der Waals surface area contributed by atoms with Gasteiger partial charge in [0, 0.05) is 6.61 Å². The van der Waals surface area contributed by atoms with E-state index in [2.05, 4.69) is 5.32 Å². The third-order valence-corrected chi connectivity index (χ3v) is 3.61. The Morgan fingerprint density at radius 2 is 2.14 bits per heavy atom. The monoisotopic (exact) mass is 347 g/mol. The smallest absolute Gasteiger partial charge is 0.408 e. The van der Waals surface area contributed by atoms with Crippen LogP contribution in [0.15, 0.2) is 16.8 Å². The summed E-state index contributed by atoms with van der Waals surface area (Å²) < 4.78 is 10.6. The van der Waals surface area contributed by atoms with Gasteiger partial charge in [0.2, 0.25) is 0 Å². The molecule has 0 spiro atoms. The normalized spacial score (nSPS) is 12.7. The van der Waals surface area contributed by atoms with Crippen LogP contribution in [0.2, 0.25) is 0 Å². The molecule has 0 aliphatic heterocycles. The molecule has 0 unspecified atom stereocenters. The molecule has 0 aromatic carbocycles. The maximum absolute atomic E-state index is 11.8. The Balaban J connectivity index is 2.40. The molecule has 1 aromatic heterocycles. The van der Waals surface area contributed by atoms with E-state index in [1.54, 1.807) is 32.1 Å². The third-order valence-electron chi connectivity index (χ3n) is 2.61. The predicted octanol–water partition coefficient (Wildman–Crippen LogP) is 3.36. The molecule has 1 atom stereocenters. The number of alkyl halides is 1. The number of carbonyl (C=O) groups is 2. The molecular weight excluding hydrogens is 326 g/mol. The van der Waals surface area contributed by atoms with E-state index in [4.69, 9.17) is 21.1 Å². The number of carbonyl (C=O) groups excluding carboxylic acids is 2. The molecule has 0 aliphatic rings. The van der Waals surface area contributed by atoms with Gasteiger partial charge in [0.1, 0.15) is 5.60 Å². The van der Waals surface area contributed by atoms with E-state index in [1.165, 1.54) is 0 Å². The minimum Gasteiger partial charge on any atom is -0.444 e. The molecule has 1 heterocycles. The summed E-state index contributed by atoms with van der Waals surface area (Å²) in [4.78, 5) is 23.5. The predicted molar refractivity (Wildman–Crippen MR) is 87.5 cm³/mol. The number of hydrogen-bond donors (Lipinski definition) is 1. The van der Waals surface area contributed by atoms with Crippen molar-refractivity contribution in [1.82, 2.24) is 5.32 Å². The van der Waals surface area contributed by atoms with Crippen LogP contribution < -0.4 is 5.32 Å². The van der Waals surface area contributed by atoms with Crippen LogP contribution in [-0.2, 0) is 20.9 Å². The van der Waals surface area contributed by atoms with Gasteiger partial charge >= 0.3 is 6.09 Å². The quantitative estimate of drug-likeness (QED) is 0.578. The summed E-state index contributed by atoms with van der Waals surface area (Å²) in [7, 11) is 0. The van der Waals surface area contributed by atoms with Crippen molar-refractivity contribution in [2.24, 2.45) is 0 Å². The first-order chi connectivity index (χ1) is 10.3. The van der Waals surface area contributed by atoms with Crippen molar-refractivity contribution < 1.29 is 19.1 Å². The zero-order chi connectivity index (χ0) is 16.6. The topological polar surface area (TPSA) is 64.6 Å². The van der Waals surface area contributed by atoms with Crippen LogP contribution in [0.3, 0.4) is 0 Å². The summed E-state index contributed by atoms with van der Waals surface area (Å²) in [5.41, 5.74) is 0.471. The van der Waals surface area contributed by atoms with E-state index in [0.29, 0.717) is 19.6 Å². The average Bonchev–Trinajstić information content (AvgIpc) is 2.92. The maximum Gasteiger partial charge on any atom is 0.408 e. The Bertz CT molecular complexity index is 470. The highest BCUT2D eigenvalue weighted by molar-refractivity contribution is 7.07. The largest absolute Gasteiger partial charge is 0.444 e. The van der Waals surface area contributed by atoms with Crippen molar-refractivity contribution in [3.8, 4) is 0 Å². The molecule has 1 amide bonds. The second-order valence-electron chi connectivity index (χ2n) is 5.77. The van der Waals surface area contributed by atoms with Gasteiger partial charge in [-0.15, -0.1) is 11.6 Å². The van der Waals surface area contributed by atoms with Crippen LogP contribution in [0.5, 0.6) is 0 Å². The van der Waals surface area contributed by atoms with Gasteiger partial charge in [-0.3, -0.25) is 4.79 Å². The number of Topliss-reactive ketones (excluding diaryl/α,β-unsaturated/α-hetero) is 1. The van der Waals surface area contributed by atoms with Crippen molar-refractivity contribution in [3.63, 3.8) is 0 Å². The highest BCUT2D eigenvalue weighted by Crippen LogP contribution is 2.09. The first-order valence-corrected chi connectivity index (χ1v) is 8.46. The molecule has 0 saturated heterocycles. The summed E-state index contributed by atoms with van der Waals surface area (Å²) in [6.07, 6.45) is -0.275. The number of ether oxygens (including phenoxy) is 2. The summed E-state index contributed by atoms with van der Waals surface area (Å²) in [6.45, 7) is 6.11. The van der Waals surface area contributed by atoms with Crippen molar-refractivity contribution in [2.45, 2.75) is 45.4 Å². The lowest BCUT2D eigenvalue weighted by atomic mass is 10.1. The highest BCUT2D eigenvalue weighted by atomic mass is 35.5. The first-order valence-electron chi connectivity index (χ1n) is 6.99. The maximum atomic E-state index is 11.8. The number of rotatable bonds is 8. The fourth-order valence-electron chi connectivity index (χ4n) is 1.62. The molecule has 0 fully saturated rings. The van der Waals surface area contributed by atoms with Crippen LogP contribution in [0.4, 0.5) is 4.79 Å². The van der Waals surface area contributed by atoms with Gasteiger partial charge < -0.3 is 14.8 Å². The van der Waals surface area contributed by atoms with Gasteiger partial charge in [-0.1, -0.05) is 0 Å². The number of thiophene rings is 1. The lowest BCUT2D eigenvalue weighted by Gasteiger charge is -2.22. The molecule has 1 N–H and O–H groups in total. The lowest BCUT2D eigenvalue weighted by Crippen LogP contribution is -2.44. The minimum absolute atomic E-state index is 0.162. The second kappa shape index (κ2) is 9.12. The van der Waals surface area contributed by atoms with Crippen LogP contribution in [-0.4, -0.2) is 36.0 Å². The zero-order valence-electron chi connectivity index (χ0n) is 13.1. The summed E-state index contributed by atoms with van der Waals surface area (Å²) in [6, 6.07) is 1.28. The van der Waals surface area contributed by atoms with Crippen molar-refractivity contribution >= 4 is 34.8 Å². The fraction of sp³-hybridized carbons (Fsp3) is 0.600. The standard InChI is InChI=1S/C15H22ClNO4S/c1-15(2,3)21-14(19)17-12(13(18)8-16)4-6-20-9-11-5-7-22-10-11/h5,7,10,12H,4,6,8-9H2,1-3H3,(H,17,19)/t12-/m0/s1. The van der Waals surface area contributed by atoms with Crippen LogP contribution >= 0.6 is 22.9 Å². The summed E-state index contributed by atoms with van der Waals surface area (Å²) in [5.74, 6) is -0.419. The van der Waals surface area contributed by atoms with Crippen LogP contribution in [0.25, 0.3) is 0 Å². The van der Waals surface area contributed by atoms with E-state index >= 15 is 0 Å². The van der Waals surface area contributed by atoms with E-state index in [9.17, 15) is 9.59 Å². The van der Waals surface area contributed by atoms with E-state index < -0.39 is 17.7 Å². The second-order valence-corrected chi connectivity index (χ2v) is 6.82. The van der Waals surface area contributed by atoms with Gasteiger partial charge in [0.15, 0.2) is 5.78 Å². The Hall–Kier alpha value is -1.11. The molecule has 1 aromatic rings. The number of nitrogens with one attached hydrogen (secondary N) is 1. The van der Waals surface area contributed by atoms with Gasteiger partial charge in [0.25, 0.3) is 0 Å². The molecule has 7 heteroatoms. The molecule has 0 radical (unpaired) electrons. The molecule has 0 aliphatic carbocycles. The van der Waals surface area contributed by atoms with Gasteiger partial charge in [-0.05, 0) is 49.6 Å². The third kappa shape index (κ3) is 7.77. The minimum atomic E-state index is -0.699. The molecule has 0 bridgehead atoms. The number of amides is 1. The number of halogens is 1. The SMILES string of the molecule is CC(C)(C)OC(=O)N[C@@H](CCOCc1ccsc1)C(=O)CCl. The highest BCUT2D eigenvalue weighted by Gasteiger charge is 2.23. The Morgan fingerprint density at radius 1 is 1.41 bits per heavy atom. The molecule has 5 nitrogen and oxygen atoms in total. The zero-order valence-corrected chi connectivity index (χ0v) is 14.6. The number of ketones is 1. The van der Waals surface area contributed by atoms with Crippen molar-refractivity contribution in [2.75, 3.05) is 12.5 Å². The molecule has 1 rings (SSSR count). The number of alkyl carbamates (subject to hydrolysis) is 1. The summed E-state index contributed by atoms with van der Waals surface area (Å²) >= 11 is 7.18. The fourth-order valence-corrected chi connectivity index (χ4v) is 2.46. The van der Waals surface area contributed by atoms with E-state index in [1.807, 2.05) is 16.8 Å². The van der Waals surface area contributed by atoms with Crippen molar-refractivity contribution in [3.05, 3.63) is 22.4 Å². The Labute approximate surface area is 139 Å². The van der Waals surface area contributed by atoms with Gasteiger partial charge in [-0.25, -0.2) is 4.79 Å². The molecular formula is C15H22ClNO4S. The van der Waals surface area contributed by atoms with Crippen LogP contribution in [0, 0.1) is 0 Å². The molecule has 124 valence electrons. The van der Waals surface area contributed by atoms with Gasteiger partial charge in [-0.2, -0.15) is 11.3 Å². The summed E-state index contributed by atoms with van der Waals surface area (Å²) in [5, 5.41) is 6.52. The van der Waals surface area contributed by atoms with Crippen molar-refractivity contribution in [1.29, 1.82) is 0 Å². The first kappa shape index (κ1) is 18.9. The Kier molecular flexibility index (Phi) is 7.85. The molecule has 22 heavy (non-hydrogen) atoms. The average molecular weight is 348 g/mol. The van der Waals surface area contributed by atoms with E-state index in [-0.39, 0.29) is 11.7 Å².